The number of amides is 1. The number of anilines is 1. The molecule has 1 rings (SSSR count). The topological polar surface area (TPSA) is 66.5 Å². The van der Waals surface area contributed by atoms with Crippen LogP contribution in [-0.2, 0) is 14.8 Å². The first-order valence-corrected chi connectivity index (χ1v) is 11.0. The summed E-state index contributed by atoms with van der Waals surface area (Å²) in [4.78, 5) is 13.0. The Bertz CT molecular complexity index is 722. The second-order valence-corrected chi connectivity index (χ2v) is 10.9. The van der Waals surface area contributed by atoms with Crippen molar-refractivity contribution in [1.29, 1.82) is 0 Å². The van der Waals surface area contributed by atoms with E-state index in [4.69, 9.17) is 11.6 Å². The van der Waals surface area contributed by atoms with Gasteiger partial charge in [0.2, 0.25) is 15.9 Å². The number of carbonyl (C=O) groups excluding carboxylic acids is 1. The van der Waals surface area contributed by atoms with Crippen molar-refractivity contribution in [3.63, 3.8) is 0 Å². The van der Waals surface area contributed by atoms with Crippen LogP contribution >= 0.6 is 11.6 Å². The first-order chi connectivity index (χ1) is 11.7. The predicted octanol–water partition coefficient (Wildman–Crippen LogP) is 4.22. The molecule has 1 amide bonds. The maximum absolute atomic E-state index is 13.0. The number of benzene rings is 1. The monoisotopic (exact) mass is 402 g/mol. The molecule has 148 valence electrons. The summed E-state index contributed by atoms with van der Waals surface area (Å²) in [6.45, 7) is 12.0. The number of halogens is 1. The van der Waals surface area contributed by atoms with E-state index in [0.29, 0.717) is 17.1 Å². The van der Waals surface area contributed by atoms with Gasteiger partial charge in [0.15, 0.2) is 0 Å². The van der Waals surface area contributed by atoms with E-state index in [0.717, 1.165) is 12.7 Å². The van der Waals surface area contributed by atoms with Gasteiger partial charge in [0, 0.05) is 10.6 Å². The van der Waals surface area contributed by atoms with Gasteiger partial charge in [-0.25, -0.2) is 8.42 Å². The largest absolute Gasteiger partial charge is 0.349 e. The van der Waals surface area contributed by atoms with Crippen LogP contribution in [0.3, 0.4) is 0 Å². The lowest BCUT2D eigenvalue weighted by atomic mass is 9.81. The number of nitrogens with zero attached hydrogens (tertiary/aromatic N) is 1. The van der Waals surface area contributed by atoms with E-state index in [2.05, 4.69) is 26.1 Å². The van der Waals surface area contributed by atoms with Crippen molar-refractivity contribution in [2.75, 3.05) is 10.6 Å². The molecule has 0 spiro atoms. The van der Waals surface area contributed by atoms with Crippen molar-refractivity contribution in [1.82, 2.24) is 5.32 Å². The lowest BCUT2D eigenvalue weighted by Crippen LogP contribution is -2.55. The van der Waals surface area contributed by atoms with Crippen LogP contribution in [-0.4, -0.2) is 32.2 Å². The maximum atomic E-state index is 13.0. The minimum atomic E-state index is -3.65. The minimum absolute atomic E-state index is 0.0329. The average molecular weight is 403 g/mol. The van der Waals surface area contributed by atoms with Crippen molar-refractivity contribution in [3.05, 3.63) is 29.3 Å². The highest BCUT2D eigenvalue weighted by Gasteiger charge is 2.35. The summed E-state index contributed by atoms with van der Waals surface area (Å²) in [6.07, 6.45) is 2.23. The van der Waals surface area contributed by atoms with Crippen molar-refractivity contribution in [2.45, 2.75) is 66.0 Å². The molecule has 0 unspecified atom stereocenters. The highest BCUT2D eigenvalue weighted by molar-refractivity contribution is 7.92. The molecule has 0 heterocycles. The Morgan fingerprint density at radius 2 is 1.65 bits per heavy atom. The molecule has 0 aliphatic heterocycles. The van der Waals surface area contributed by atoms with Gasteiger partial charge in [0.25, 0.3) is 0 Å². The minimum Gasteiger partial charge on any atom is -0.349 e. The fourth-order valence-corrected chi connectivity index (χ4v) is 4.77. The quantitative estimate of drug-likeness (QED) is 0.742. The first-order valence-electron chi connectivity index (χ1n) is 8.73. The van der Waals surface area contributed by atoms with Gasteiger partial charge in [-0.1, -0.05) is 39.3 Å². The first kappa shape index (κ1) is 22.8. The Balaban J connectivity index is 3.18. The molecule has 1 aromatic rings. The van der Waals surface area contributed by atoms with Crippen molar-refractivity contribution in [2.24, 2.45) is 5.41 Å². The van der Waals surface area contributed by atoms with Crippen LogP contribution in [0.4, 0.5) is 5.69 Å². The van der Waals surface area contributed by atoms with E-state index < -0.39 is 21.6 Å². The summed E-state index contributed by atoms with van der Waals surface area (Å²) in [5.74, 6) is -0.304. The lowest BCUT2D eigenvalue weighted by molar-refractivity contribution is -0.124. The summed E-state index contributed by atoms with van der Waals surface area (Å²) in [6, 6.07) is 5.62. The smallest absolute Gasteiger partial charge is 0.244 e. The Kier molecular flexibility index (Phi) is 7.16. The van der Waals surface area contributed by atoms with Gasteiger partial charge >= 0.3 is 0 Å². The second-order valence-electron chi connectivity index (χ2n) is 8.57. The molecule has 0 radical (unpaired) electrons. The van der Waals surface area contributed by atoms with Crippen LogP contribution in [0.5, 0.6) is 0 Å². The van der Waals surface area contributed by atoms with Crippen LogP contribution in [0.25, 0.3) is 0 Å². The Hall–Kier alpha value is -1.27. The van der Waals surface area contributed by atoms with Crippen molar-refractivity contribution < 1.29 is 13.2 Å². The van der Waals surface area contributed by atoms with Crippen molar-refractivity contribution in [3.8, 4) is 0 Å². The zero-order valence-electron chi connectivity index (χ0n) is 16.8. The Morgan fingerprint density at radius 1 is 1.15 bits per heavy atom. The molecule has 0 saturated carbocycles. The summed E-state index contributed by atoms with van der Waals surface area (Å²) >= 11 is 5.91. The molecule has 0 fully saturated rings. The number of sulfonamides is 1. The summed E-state index contributed by atoms with van der Waals surface area (Å²) in [7, 11) is -3.65. The molecule has 5 nitrogen and oxygen atoms in total. The van der Waals surface area contributed by atoms with Crippen LogP contribution in [0.2, 0.25) is 5.02 Å². The molecular weight excluding hydrogens is 372 g/mol. The molecule has 0 aliphatic rings. The predicted molar refractivity (Wildman–Crippen MR) is 109 cm³/mol. The van der Waals surface area contributed by atoms with Crippen LogP contribution in [0.15, 0.2) is 24.3 Å². The maximum Gasteiger partial charge on any atom is 0.244 e. The normalized spacial score (nSPS) is 14.0. The molecule has 0 aliphatic carbocycles. The molecule has 1 N–H and O–H groups in total. The summed E-state index contributed by atoms with van der Waals surface area (Å²) < 4.78 is 26.0. The molecule has 7 heteroatoms. The summed E-state index contributed by atoms with van der Waals surface area (Å²) in [5.41, 5.74) is 0.00411. The third-order valence-electron chi connectivity index (χ3n) is 3.84. The van der Waals surface area contributed by atoms with E-state index in [1.165, 1.54) is 4.31 Å². The highest BCUT2D eigenvalue weighted by atomic mass is 35.5. The Labute approximate surface area is 163 Å². The van der Waals surface area contributed by atoms with Gasteiger partial charge in [-0.15, -0.1) is 0 Å². The molecule has 26 heavy (non-hydrogen) atoms. The fraction of sp³-hybridized carbons (Fsp3) is 0.632. The zero-order chi connectivity index (χ0) is 20.3. The van der Waals surface area contributed by atoms with Gasteiger partial charge in [-0.05, 0) is 56.4 Å². The molecule has 0 bridgehead atoms. The van der Waals surface area contributed by atoms with E-state index in [1.54, 1.807) is 31.2 Å². The molecule has 1 aromatic carbocycles. The van der Waals surface area contributed by atoms with E-state index in [9.17, 15) is 13.2 Å². The number of carbonyl (C=O) groups is 1. The number of nitrogens with one attached hydrogen (secondary N) is 1. The third kappa shape index (κ3) is 6.80. The molecule has 1 atom stereocenters. The number of rotatable bonds is 7. The standard InChI is InChI=1S/C19H31ClN2O3S/c1-8-16(17(23)21-19(5,6)13-18(2,3)4)22(26(7,24)25)15-11-9-14(20)10-12-15/h9-12,16H,8,13H2,1-7H3,(H,21,23)/t16-/m0/s1. The van der Waals surface area contributed by atoms with E-state index >= 15 is 0 Å². The lowest BCUT2D eigenvalue weighted by Gasteiger charge is -2.36. The van der Waals surface area contributed by atoms with Gasteiger partial charge in [-0.2, -0.15) is 0 Å². The average Bonchev–Trinajstić information content (AvgIpc) is 2.41. The van der Waals surface area contributed by atoms with Crippen LogP contribution in [0.1, 0.15) is 54.4 Å². The SMILES string of the molecule is CC[C@@H](C(=O)NC(C)(C)CC(C)(C)C)N(c1ccc(Cl)cc1)S(C)(=O)=O. The molecule has 0 saturated heterocycles. The Morgan fingerprint density at radius 3 is 2.04 bits per heavy atom. The van der Waals surface area contributed by atoms with Crippen LogP contribution < -0.4 is 9.62 Å². The van der Waals surface area contributed by atoms with Gasteiger partial charge in [0.05, 0.1) is 11.9 Å². The highest BCUT2D eigenvalue weighted by Crippen LogP contribution is 2.28. The second kappa shape index (κ2) is 8.17. The van der Waals surface area contributed by atoms with Gasteiger partial charge in [-0.3, -0.25) is 9.10 Å². The molecule has 0 aromatic heterocycles. The van der Waals surface area contributed by atoms with Gasteiger partial charge < -0.3 is 5.32 Å². The zero-order valence-corrected chi connectivity index (χ0v) is 18.3. The number of hydrogen-bond donors (Lipinski definition) is 1. The number of hydrogen-bond acceptors (Lipinski definition) is 3. The van der Waals surface area contributed by atoms with Gasteiger partial charge in [0.1, 0.15) is 6.04 Å². The fourth-order valence-electron chi connectivity index (χ4n) is 3.44. The van der Waals surface area contributed by atoms with Crippen LogP contribution in [0, 0.1) is 5.41 Å². The third-order valence-corrected chi connectivity index (χ3v) is 5.28. The molecular formula is C19H31ClN2O3S. The van der Waals surface area contributed by atoms with Crippen molar-refractivity contribution >= 4 is 33.2 Å². The van der Waals surface area contributed by atoms with E-state index in [-0.39, 0.29) is 11.3 Å². The summed E-state index contributed by atoms with van der Waals surface area (Å²) in [5, 5.41) is 3.53. The van der Waals surface area contributed by atoms with E-state index in [1.807, 2.05) is 13.8 Å².